The molecule has 0 bridgehead atoms. The van der Waals surface area contributed by atoms with Crippen LogP contribution in [0, 0.1) is 5.92 Å². The van der Waals surface area contributed by atoms with Crippen molar-refractivity contribution >= 4 is 5.57 Å². The van der Waals surface area contributed by atoms with E-state index in [0.717, 1.165) is 12.8 Å². The van der Waals surface area contributed by atoms with Crippen molar-refractivity contribution in [1.29, 1.82) is 0 Å². The van der Waals surface area contributed by atoms with Gasteiger partial charge in [-0.25, -0.2) is 0 Å². The minimum atomic E-state index is 0.677. The minimum Gasteiger partial charge on any atom is -0.0689 e. The van der Waals surface area contributed by atoms with Crippen LogP contribution < -0.4 is 0 Å². The molecule has 0 heteroatoms. The Morgan fingerprint density at radius 3 is 2.07 bits per heavy atom. The van der Waals surface area contributed by atoms with E-state index in [2.05, 4.69) is 84.9 Å². The zero-order valence-corrected chi connectivity index (χ0v) is 19.0. The molecule has 0 aromatic heterocycles. The van der Waals surface area contributed by atoms with Crippen molar-refractivity contribution in [1.82, 2.24) is 0 Å². The maximum atomic E-state index is 2.44. The molecule has 0 aliphatic rings. The van der Waals surface area contributed by atoms with Crippen LogP contribution in [0.15, 0.2) is 58.7 Å². The van der Waals surface area contributed by atoms with Gasteiger partial charge in [0.25, 0.3) is 0 Å². The molecule has 0 heterocycles. The highest BCUT2D eigenvalue weighted by atomic mass is 14.2. The van der Waals surface area contributed by atoms with Gasteiger partial charge >= 0.3 is 0 Å². The highest BCUT2D eigenvalue weighted by Crippen LogP contribution is 2.31. The average molecular weight is 367 g/mol. The van der Waals surface area contributed by atoms with E-state index in [4.69, 9.17) is 0 Å². The largest absolute Gasteiger partial charge is 0.0689 e. The van der Waals surface area contributed by atoms with Crippen LogP contribution in [0.2, 0.25) is 0 Å². The van der Waals surface area contributed by atoms with Crippen LogP contribution in [-0.2, 0) is 0 Å². The summed E-state index contributed by atoms with van der Waals surface area (Å²) in [5, 5.41) is 0. The molecule has 1 aromatic rings. The van der Waals surface area contributed by atoms with Gasteiger partial charge in [-0.05, 0) is 68.2 Å². The molecule has 0 saturated carbocycles. The van der Waals surface area contributed by atoms with Gasteiger partial charge in [-0.2, -0.15) is 0 Å². The van der Waals surface area contributed by atoms with E-state index in [9.17, 15) is 0 Å². The van der Waals surface area contributed by atoms with E-state index in [1.54, 1.807) is 5.57 Å². The number of benzene rings is 1. The van der Waals surface area contributed by atoms with Crippen LogP contribution in [-0.4, -0.2) is 0 Å². The lowest BCUT2D eigenvalue weighted by Crippen LogP contribution is -2.04. The van der Waals surface area contributed by atoms with Crippen molar-refractivity contribution in [2.75, 3.05) is 0 Å². The van der Waals surface area contributed by atoms with Crippen molar-refractivity contribution in [3.05, 3.63) is 64.3 Å². The van der Waals surface area contributed by atoms with Gasteiger partial charge in [0.05, 0.1) is 0 Å². The summed E-state index contributed by atoms with van der Waals surface area (Å²) in [6, 6.07) is 10.8. The van der Waals surface area contributed by atoms with Crippen LogP contribution in [0.5, 0.6) is 0 Å². The van der Waals surface area contributed by atoms with E-state index >= 15 is 0 Å². The van der Waals surface area contributed by atoms with E-state index < -0.39 is 0 Å². The zero-order valence-electron chi connectivity index (χ0n) is 19.0. The lowest BCUT2D eigenvalue weighted by atomic mass is 9.85. The molecule has 0 fully saturated rings. The van der Waals surface area contributed by atoms with Gasteiger partial charge in [-0.3, -0.25) is 0 Å². The molecule has 1 rings (SSSR count). The summed E-state index contributed by atoms with van der Waals surface area (Å²) < 4.78 is 0. The quantitative estimate of drug-likeness (QED) is 0.270. The normalized spacial score (nSPS) is 14.0. The van der Waals surface area contributed by atoms with Gasteiger partial charge in [0.1, 0.15) is 0 Å². The Hall–Kier alpha value is -1.56. The zero-order chi connectivity index (χ0) is 20.2. The first-order valence-corrected chi connectivity index (χ1v) is 11.1. The Labute approximate surface area is 169 Å². The molecular formula is C27H42. The molecule has 1 aromatic carbocycles. The molecule has 0 N–H and O–H groups in total. The van der Waals surface area contributed by atoms with Crippen LogP contribution in [0.25, 0.3) is 5.57 Å². The van der Waals surface area contributed by atoms with Gasteiger partial charge in [0.15, 0.2) is 0 Å². The Balaban J connectivity index is 3.18. The lowest BCUT2D eigenvalue weighted by Gasteiger charge is -2.21. The summed E-state index contributed by atoms with van der Waals surface area (Å²) >= 11 is 0. The summed E-state index contributed by atoms with van der Waals surface area (Å²) in [4.78, 5) is 0. The fourth-order valence-corrected chi connectivity index (χ4v) is 4.05. The van der Waals surface area contributed by atoms with Gasteiger partial charge in [-0.1, -0.05) is 101 Å². The van der Waals surface area contributed by atoms with E-state index in [1.807, 2.05) is 0 Å². The van der Waals surface area contributed by atoms with Crippen molar-refractivity contribution in [2.24, 2.45) is 5.92 Å². The number of hydrogen-bond acceptors (Lipinski definition) is 0. The third kappa shape index (κ3) is 7.53. The Morgan fingerprint density at radius 1 is 0.889 bits per heavy atom. The molecule has 0 saturated heterocycles. The maximum Gasteiger partial charge on any atom is -0.0224 e. The van der Waals surface area contributed by atoms with Gasteiger partial charge in [0, 0.05) is 0 Å². The molecule has 0 amide bonds. The van der Waals surface area contributed by atoms with E-state index in [1.165, 1.54) is 60.0 Å². The molecular weight excluding hydrogens is 324 g/mol. The molecule has 27 heavy (non-hydrogen) atoms. The van der Waals surface area contributed by atoms with Crippen LogP contribution >= 0.6 is 0 Å². The molecule has 1 atom stereocenters. The second-order valence-electron chi connectivity index (χ2n) is 8.06. The third-order valence-electron chi connectivity index (χ3n) is 5.73. The van der Waals surface area contributed by atoms with Crippen LogP contribution in [0.1, 0.15) is 99.0 Å². The second kappa shape index (κ2) is 12.8. The highest BCUT2D eigenvalue weighted by Gasteiger charge is 2.14. The summed E-state index contributed by atoms with van der Waals surface area (Å²) in [6.07, 6.45) is 11.4. The van der Waals surface area contributed by atoms with E-state index in [0.29, 0.717) is 5.92 Å². The van der Waals surface area contributed by atoms with Crippen molar-refractivity contribution in [2.45, 2.75) is 93.4 Å². The smallest absolute Gasteiger partial charge is 0.0224 e. The fourth-order valence-electron chi connectivity index (χ4n) is 4.05. The van der Waals surface area contributed by atoms with Crippen molar-refractivity contribution in [3.8, 4) is 0 Å². The highest BCUT2D eigenvalue weighted by molar-refractivity contribution is 5.70. The third-order valence-corrected chi connectivity index (χ3v) is 5.73. The summed E-state index contributed by atoms with van der Waals surface area (Å²) in [6.45, 7) is 16.2. The molecule has 0 spiro atoms. The molecule has 150 valence electrons. The fraction of sp³-hybridized carbons (Fsp3) is 0.556. The molecule has 1 unspecified atom stereocenters. The Kier molecular flexibility index (Phi) is 11.1. The topological polar surface area (TPSA) is 0 Å². The molecule has 0 aliphatic carbocycles. The summed E-state index contributed by atoms with van der Waals surface area (Å²) in [5.74, 6) is 0.677. The average Bonchev–Trinajstić information content (AvgIpc) is 2.67. The predicted molar refractivity (Wildman–Crippen MR) is 124 cm³/mol. The van der Waals surface area contributed by atoms with Crippen LogP contribution in [0.4, 0.5) is 0 Å². The van der Waals surface area contributed by atoms with Crippen LogP contribution in [0.3, 0.4) is 0 Å². The molecule has 0 nitrogen and oxygen atoms in total. The van der Waals surface area contributed by atoms with Gasteiger partial charge in [0.2, 0.25) is 0 Å². The van der Waals surface area contributed by atoms with Crippen molar-refractivity contribution < 1.29 is 0 Å². The number of allylic oxidation sites excluding steroid dienone is 6. The second-order valence-corrected chi connectivity index (χ2v) is 8.06. The monoisotopic (exact) mass is 366 g/mol. The Morgan fingerprint density at radius 2 is 1.56 bits per heavy atom. The lowest BCUT2D eigenvalue weighted by molar-refractivity contribution is 0.530. The summed E-state index contributed by atoms with van der Waals surface area (Å²) in [5.41, 5.74) is 8.77. The SMILES string of the molecule is CCCCCCC(C)/C(CC)=C(\C)C(/C=C(\CC)c1ccccc1)=C(C)C. The molecule has 0 radical (unpaired) electrons. The number of rotatable bonds is 11. The Bertz CT molecular complexity index is 636. The van der Waals surface area contributed by atoms with E-state index in [-0.39, 0.29) is 0 Å². The van der Waals surface area contributed by atoms with Gasteiger partial charge < -0.3 is 0 Å². The first-order valence-electron chi connectivity index (χ1n) is 11.1. The summed E-state index contributed by atoms with van der Waals surface area (Å²) in [7, 11) is 0. The van der Waals surface area contributed by atoms with Gasteiger partial charge in [-0.15, -0.1) is 0 Å². The standard InChI is InChI=1S/C27H42/c1-8-11-12-14-17-22(6)26(10-3)23(7)27(21(4)5)20-24(9-2)25-18-15-13-16-19-25/h13,15-16,18-20,22H,8-12,14,17H2,1-7H3/b24-20+,26-23+. The number of hydrogen-bond donors (Lipinski definition) is 0. The number of unbranched alkanes of at least 4 members (excludes halogenated alkanes) is 3. The minimum absolute atomic E-state index is 0.677. The van der Waals surface area contributed by atoms with Crippen molar-refractivity contribution in [3.63, 3.8) is 0 Å². The predicted octanol–water partition coefficient (Wildman–Crippen LogP) is 9.15. The first-order chi connectivity index (χ1) is 13.0. The molecule has 0 aliphatic heterocycles. The maximum absolute atomic E-state index is 2.44. The first kappa shape index (κ1) is 23.5.